The number of rotatable bonds is 9. The van der Waals surface area contributed by atoms with Crippen molar-refractivity contribution in [3.05, 3.63) is 35.0 Å². The zero-order chi connectivity index (χ0) is 46.0. The maximum absolute atomic E-state index is 14.9. The van der Waals surface area contributed by atoms with Gasteiger partial charge in [-0.25, -0.2) is 4.98 Å². The number of aliphatic carboxylic acids is 1. The van der Waals surface area contributed by atoms with Gasteiger partial charge in [-0.05, 0) is 146 Å². The number of ether oxygens (including phenoxy) is 2. The summed E-state index contributed by atoms with van der Waals surface area (Å²) in [7, 11) is 0. The van der Waals surface area contributed by atoms with E-state index in [1.165, 1.54) is 5.57 Å². The Kier molecular flexibility index (Phi) is 10.9. The molecule has 0 aromatic carbocycles. The van der Waals surface area contributed by atoms with Crippen LogP contribution in [0.2, 0.25) is 0 Å². The summed E-state index contributed by atoms with van der Waals surface area (Å²) in [5.74, 6) is -0.828. The van der Waals surface area contributed by atoms with E-state index in [0.717, 1.165) is 56.9 Å². The number of nitrogens with one attached hydrogen (secondary N) is 2. The third-order valence-electron chi connectivity index (χ3n) is 20.2. The fourth-order valence-electron chi connectivity index (χ4n) is 16.1. The second kappa shape index (κ2) is 15.4. The number of carboxylic acids is 1. The summed E-state index contributed by atoms with van der Waals surface area (Å²) in [6.07, 6.45) is 11.3. The Morgan fingerprint density at radius 1 is 0.844 bits per heavy atom. The molecule has 0 bridgehead atoms. The molecule has 1 aromatic heterocycles. The number of morpholine rings is 1. The van der Waals surface area contributed by atoms with Gasteiger partial charge < -0.3 is 30.1 Å². The summed E-state index contributed by atoms with van der Waals surface area (Å²) < 4.78 is 12.0. The zero-order valence-corrected chi connectivity index (χ0v) is 40.0. The predicted octanol–water partition coefficient (Wildman–Crippen LogP) is 8.08. The van der Waals surface area contributed by atoms with Gasteiger partial charge in [-0.15, -0.1) is 0 Å². The van der Waals surface area contributed by atoms with Crippen LogP contribution in [0, 0.1) is 62.6 Å². The number of Topliss-reactive ketones (excluding diaryl/α,β-unsaturated/α-hetero) is 1. The number of esters is 1. The summed E-state index contributed by atoms with van der Waals surface area (Å²) in [6, 6.07) is 3.55. The minimum Gasteiger partial charge on any atom is -0.481 e. The van der Waals surface area contributed by atoms with Crippen molar-refractivity contribution < 1.29 is 38.6 Å². The molecule has 7 fully saturated rings. The van der Waals surface area contributed by atoms with Crippen molar-refractivity contribution in [3.8, 4) is 0 Å². The first kappa shape index (κ1) is 45.4. The second-order valence-electron chi connectivity index (χ2n) is 23.9. The second-order valence-corrected chi connectivity index (χ2v) is 23.9. The Balaban J connectivity index is 0.959. The van der Waals surface area contributed by atoms with Crippen molar-refractivity contribution in [2.75, 3.05) is 31.2 Å². The number of fused-ring (bicyclic) bond motifs is 7. The molecule has 0 radical (unpaired) electrons. The van der Waals surface area contributed by atoms with Gasteiger partial charge in [0.25, 0.3) is 5.91 Å². The number of aromatic nitrogens is 1. The number of hydrogen-bond donors (Lipinski definition) is 3. The quantitative estimate of drug-likeness (QED) is 0.207. The number of nitrogens with zero attached hydrogens (tertiary/aromatic N) is 2. The van der Waals surface area contributed by atoms with Gasteiger partial charge >= 0.3 is 11.9 Å². The minimum absolute atomic E-state index is 0.0169. The van der Waals surface area contributed by atoms with E-state index in [2.05, 4.69) is 69.0 Å². The summed E-state index contributed by atoms with van der Waals surface area (Å²) in [4.78, 5) is 75.7. The topological polar surface area (TPSA) is 164 Å². The predicted molar refractivity (Wildman–Crippen MR) is 242 cm³/mol. The van der Waals surface area contributed by atoms with Gasteiger partial charge in [0.1, 0.15) is 17.5 Å². The lowest BCUT2D eigenvalue weighted by Crippen LogP contribution is -2.70. The van der Waals surface area contributed by atoms with Crippen LogP contribution in [0.4, 0.5) is 5.82 Å². The average molecular weight is 883 g/mol. The lowest BCUT2D eigenvalue weighted by Gasteiger charge is -2.72. The Hall–Kier alpha value is -3.80. The number of carbonyl (C=O) groups is 5. The van der Waals surface area contributed by atoms with E-state index in [1.54, 1.807) is 18.3 Å². The highest BCUT2D eigenvalue weighted by atomic mass is 16.5. The molecule has 8 aliphatic rings. The Morgan fingerprint density at radius 3 is 2.20 bits per heavy atom. The standard InChI is InChI=1S/C52H74N4O8/c1-30(2)39-35(57)29-52(55-45(62)51(17-11-18-51)54-42(58)31-12-10-23-53-41(31)56-24-26-63-27-25-56)22-21-49(8)32(40(39)52)13-14-37-48(7)19-16-38(47(5,6)36(48)15-20-50(37,49)9)64-44(61)34-28-33(43(59)60)46(34,3)4/h10,12,23,30,32-34,36-38H,11,13-22,24-29H2,1-9H3,(H,54,58)(H,55,62)(H,59,60)/t32-,33+,34-,36+,37-,38+,48+,49-,50-,52-/m1/s1. The van der Waals surface area contributed by atoms with E-state index in [-0.39, 0.29) is 69.6 Å². The van der Waals surface area contributed by atoms with Crippen LogP contribution in [0.25, 0.3) is 0 Å². The number of amides is 2. The Labute approximate surface area is 380 Å². The van der Waals surface area contributed by atoms with Crippen LogP contribution in [0.1, 0.15) is 156 Å². The van der Waals surface area contributed by atoms with Gasteiger partial charge in [-0.3, -0.25) is 24.0 Å². The van der Waals surface area contributed by atoms with Crippen molar-refractivity contribution in [2.24, 2.45) is 62.6 Å². The molecule has 6 saturated carbocycles. The number of ketones is 1. The number of carbonyl (C=O) groups excluding carboxylic acids is 4. The van der Waals surface area contributed by atoms with Crippen molar-refractivity contribution in [1.29, 1.82) is 0 Å². The smallest absolute Gasteiger partial charge is 0.309 e. The molecule has 1 aromatic rings. The lowest BCUT2D eigenvalue weighted by molar-refractivity contribution is -0.235. The van der Waals surface area contributed by atoms with E-state index < -0.39 is 34.3 Å². The van der Waals surface area contributed by atoms with E-state index >= 15 is 0 Å². The monoisotopic (exact) mass is 883 g/mol. The number of allylic oxidation sites excluding steroid dienone is 1. The highest BCUT2D eigenvalue weighted by Crippen LogP contribution is 2.76. The van der Waals surface area contributed by atoms with Crippen LogP contribution in [0.3, 0.4) is 0 Å². The van der Waals surface area contributed by atoms with Crippen molar-refractivity contribution in [1.82, 2.24) is 15.6 Å². The summed E-state index contributed by atoms with van der Waals surface area (Å²) in [6.45, 7) is 22.6. The molecule has 0 spiro atoms. The maximum Gasteiger partial charge on any atom is 0.309 e. The fraction of sp³-hybridized carbons (Fsp3) is 0.769. The zero-order valence-electron chi connectivity index (χ0n) is 40.0. The summed E-state index contributed by atoms with van der Waals surface area (Å²) in [5.41, 5.74) is -0.323. The van der Waals surface area contributed by atoms with Crippen LogP contribution >= 0.6 is 0 Å². The molecule has 3 N–H and O–H groups in total. The first-order valence-electron chi connectivity index (χ1n) is 24.7. The largest absolute Gasteiger partial charge is 0.481 e. The first-order valence-corrected chi connectivity index (χ1v) is 24.7. The highest BCUT2D eigenvalue weighted by Gasteiger charge is 2.71. The number of carboxylic acid groups (broad SMARTS) is 1. The molecule has 350 valence electrons. The third kappa shape index (κ3) is 6.50. The van der Waals surface area contributed by atoms with Crippen molar-refractivity contribution in [3.63, 3.8) is 0 Å². The molecule has 10 atom stereocenters. The third-order valence-corrected chi connectivity index (χ3v) is 20.2. The Bertz CT molecular complexity index is 2150. The van der Waals surface area contributed by atoms with E-state index in [9.17, 15) is 29.1 Å². The molecule has 9 rings (SSSR count). The molecular weight excluding hydrogens is 809 g/mol. The summed E-state index contributed by atoms with van der Waals surface area (Å²) >= 11 is 0. The fourth-order valence-corrected chi connectivity index (χ4v) is 16.1. The molecule has 1 aliphatic heterocycles. The van der Waals surface area contributed by atoms with Gasteiger partial charge in [-0.2, -0.15) is 0 Å². The highest BCUT2D eigenvalue weighted by molar-refractivity contribution is 6.05. The SMILES string of the molecule is CC(C)C1=C2[C@H]3CC[C@@H]4[C@@]5(C)CC[C@H](OC(=O)[C@H]6C[C@@H](C(=O)O)C6(C)C)C(C)(C)[C@@H]5CC[C@@]4(C)[C@]3(C)CC[C@@]2(NC(=O)C2(NC(=O)c3cccnc3N3CCOCC3)CCC2)CC1=O. The number of hydrogen-bond acceptors (Lipinski definition) is 9. The van der Waals surface area contributed by atoms with Crippen LogP contribution in [0.15, 0.2) is 29.5 Å². The normalized spacial score (nSPS) is 39.2. The van der Waals surface area contributed by atoms with Gasteiger partial charge in [0, 0.05) is 31.1 Å². The molecule has 2 amide bonds. The Morgan fingerprint density at radius 2 is 1.56 bits per heavy atom. The average Bonchev–Trinajstić information content (AvgIpc) is 3.51. The van der Waals surface area contributed by atoms with Crippen LogP contribution in [-0.4, -0.2) is 83.1 Å². The van der Waals surface area contributed by atoms with Gasteiger partial charge in [0.05, 0.1) is 36.2 Å². The van der Waals surface area contributed by atoms with Gasteiger partial charge in [0.2, 0.25) is 5.91 Å². The molecular formula is C52H74N4O8. The molecule has 0 unspecified atom stereocenters. The first-order chi connectivity index (χ1) is 30.1. The molecule has 12 heteroatoms. The van der Waals surface area contributed by atoms with E-state index in [4.69, 9.17) is 9.47 Å². The van der Waals surface area contributed by atoms with Crippen LogP contribution < -0.4 is 15.5 Å². The van der Waals surface area contributed by atoms with E-state index in [1.807, 2.05) is 13.8 Å². The molecule has 64 heavy (non-hydrogen) atoms. The minimum atomic E-state index is -1.06. The lowest BCUT2D eigenvalue weighted by atomic mass is 9.33. The van der Waals surface area contributed by atoms with Crippen LogP contribution in [-0.2, 0) is 28.7 Å². The summed E-state index contributed by atoms with van der Waals surface area (Å²) in [5, 5.41) is 16.5. The van der Waals surface area contributed by atoms with Gasteiger partial charge in [-0.1, -0.05) is 62.3 Å². The van der Waals surface area contributed by atoms with Crippen LogP contribution in [0.5, 0.6) is 0 Å². The van der Waals surface area contributed by atoms with Crippen molar-refractivity contribution in [2.45, 2.75) is 163 Å². The molecule has 2 heterocycles. The van der Waals surface area contributed by atoms with Crippen molar-refractivity contribution >= 4 is 35.4 Å². The van der Waals surface area contributed by atoms with E-state index in [0.29, 0.717) is 75.2 Å². The number of anilines is 1. The van der Waals surface area contributed by atoms with Gasteiger partial charge in [0.15, 0.2) is 5.78 Å². The maximum atomic E-state index is 14.9. The molecule has 1 saturated heterocycles. The molecule has 7 aliphatic carbocycles. The number of pyridine rings is 1. The molecule has 12 nitrogen and oxygen atoms in total.